The number of carbonyl (C=O) groups excluding carboxylic acids is 1. The minimum Gasteiger partial charge on any atom is -1.00 e. The molecular formula is C7H13NaO6S. The fraction of sp³-hybridized carbons (Fsp3) is 0.571. The summed E-state index contributed by atoms with van der Waals surface area (Å²) in [5.41, 5.74) is 0. The number of aliphatic hydroxyl groups is 2. The summed E-state index contributed by atoms with van der Waals surface area (Å²) in [4.78, 5) is 10.7. The van der Waals surface area contributed by atoms with E-state index in [2.05, 4.69) is 4.18 Å². The van der Waals surface area contributed by atoms with Crippen molar-refractivity contribution in [3.05, 3.63) is 12.2 Å². The standard InChI is InChI=1S/C7H12O6S.Na.H/c1-2-3-7(10)13-14(11,12)5-6(9)4-8;;/h2-3,6,8-9H,4-5H2,1H3;;/q;+1;-1. The summed E-state index contributed by atoms with van der Waals surface area (Å²) in [5.74, 6) is -1.84. The van der Waals surface area contributed by atoms with Crippen molar-refractivity contribution in [1.82, 2.24) is 0 Å². The van der Waals surface area contributed by atoms with Crippen LogP contribution in [0.5, 0.6) is 0 Å². The van der Waals surface area contributed by atoms with E-state index < -0.39 is 34.6 Å². The van der Waals surface area contributed by atoms with Gasteiger partial charge in [-0.05, 0) is 6.92 Å². The Morgan fingerprint density at radius 2 is 2.13 bits per heavy atom. The molecule has 15 heavy (non-hydrogen) atoms. The molecule has 0 heterocycles. The maximum atomic E-state index is 10.9. The molecule has 1 unspecified atom stereocenters. The van der Waals surface area contributed by atoms with Gasteiger partial charge in [-0.2, -0.15) is 8.42 Å². The second kappa shape index (κ2) is 8.26. The third kappa shape index (κ3) is 9.04. The molecule has 8 heteroatoms. The number of aliphatic hydroxyl groups excluding tert-OH is 2. The predicted molar refractivity (Wildman–Crippen MR) is 48.9 cm³/mol. The first kappa shape index (κ1) is 17.5. The number of allylic oxidation sites excluding steroid dienone is 1. The first-order chi connectivity index (χ1) is 6.41. The van der Waals surface area contributed by atoms with Gasteiger partial charge in [0.05, 0.1) is 12.7 Å². The van der Waals surface area contributed by atoms with E-state index in [1.807, 2.05) is 0 Å². The van der Waals surface area contributed by atoms with E-state index in [0.717, 1.165) is 6.08 Å². The summed E-state index contributed by atoms with van der Waals surface area (Å²) in [6, 6.07) is 0. The molecule has 1 atom stereocenters. The molecule has 84 valence electrons. The number of rotatable bonds is 5. The molecule has 0 amide bonds. The van der Waals surface area contributed by atoms with Crippen LogP contribution in [0.2, 0.25) is 0 Å². The fourth-order valence-electron chi connectivity index (χ4n) is 0.611. The molecule has 0 saturated carbocycles. The Hall–Kier alpha value is 0.0800. The van der Waals surface area contributed by atoms with E-state index in [9.17, 15) is 13.2 Å². The summed E-state index contributed by atoms with van der Waals surface area (Å²) < 4.78 is 25.9. The number of carbonyl (C=O) groups is 1. The zero-order valence-electron chi connectivity index (χ0n) is 9.58. The molecule has 0 spiro atoms. The molecule has 0 aromatic carbocycles. The fourth-order valence-corrected chi connectivity index (χ4v) is 1.56. The van der Waals surface area contributed by atoms with Crippen LogP contribution in [0.1, 0.15) is 8.35 Å². The van der Waals surface area contributed by atoms with Crippen molar-refractivity contribution >= 4 is 16.1 Å². The largest absolute Gasteiger partial charge is 1.00 e. The Morgan fingerprint density at radius 3 is 2.53 bits per heavy atom. The summed E-state index contributed by atoms with van der Waals surface area (Å²) in [6.07, 6.45) is 0.807. The smallest absolute Gasteiger partial charge is 1.00 e. The molecule has 0 aromatic rings. The van der Waals surface area contributed by atoms with E-state index in [-0.39, 0.29) is 31.0 Å². The normalized spacial score (nSPS) is 13.3. The van der Waals surface area contributed by atoms with Crippen LogP contribution in [0, 0.1) is 0 Å². The van der Waals surface area contributed by atoms with Crippen molar-refractivity contribution in [2.45, 2.75) is 13.0 Å². The van der Waals surface area contributed by atoms with Crippen molar-refractivity contribution in [2.24, 2.45) is 0 Å². The van der Waals surface area contributed by atoms with Crippen molar-refractivity contribution in [3.63, 3.8) is 0 Å². The maximum Gasteiger partial charge on any atom is 1.00 e. The first-order valence-electron chi connectivity index (χ1n) is 3.79. The van der Waals surface area contributed by atoms with E-state index >= 15 is 0 Å². The zero-order valence-corrected chi connectivity index (χ0v) is 11.4. The van der Waals surface area contributed by atoms with Gasteiger partial charge in [0.25, 0.3) is 0 Å². The van der Waals surface area contributed by atoms with E-state index in [1.54, 1.807) is 0 Å². The van der Waals surface area contributed by atoms with Crippen molar-refractivity contribution in [2.75, 3.05) is 12.4 Å². The Labute approximate surface area is 112 Å². The molecule has 0 aliphatic heterocycles. The van der Waals surface area contributed by atoms with Gasteiger partial charge < -0.3 is 15.8 Å². The molecule has 0 aliphatic carbocycles. The van der Waals surface area contributed by atoms with Crippen LogP contribution in [0.4, 0.5) is 0 Å². The van der Waals surface area contributed by atoms with Crippen LogP contribution in [0.25, 0.3) is 0 Å². The predicted octanol–water partition coefficient (Wildman–Crippen LogP) is -4.09. The summed E-state index contributed by atoms with van der Waals surface area (Å²) in [5, 5.41) is 17.2. The van der Waals surface area contributed by atoms with Crippen molar-refractivity contribution in [3.8, 4) is 0 Å². The SMILES string of the molecule is CC=CC(=O)OS(=O)(=O)CC(O)CO.[H-].[Na+]. The molecule has 0 radical (unpaired) electrons. The van der Waals surface area contributed by atoms with Gasteiger partial charge in [0, 0.05) is 6.08 Å². The van der Waals surface area contributed by atoms with E-state index in [0.29, 0.717) is 0 Å². The molecule has 0 rings (SSSR count). The van der Waals surface area contributed by atoms with Gasteiger partial charge >= 0.3 is 45.6 Å². The number of hydrogen-bond acceptors (Lipinski definition) is 6. The summed E-state index contributed by atoms with van der Waals surface area (Å²) in [7, 11) is -4.13. The Balaban J connectivity index is -0.000000845. The molecular weight excluding hydrogens is 235 g/mol. The third-order valence-electron chi connectivity index (χ3n) is 1.12. The van der Waals surface area contributed by atoms with Gasteiger partial charge in [0.15, 0.2) is 0 Å². The van der Waals surface area contributed by atoms with Crippen LogP contribution >= 0.6 is 0 Å². The molecule has 0 saturated heterocycles. The molecule has 2 N–H and O–H groups in total. The molecule has 0 bridgehead atoms. The van der Waals surface area contributed by atoms with Gasteiger partial charge in [-0.25, -0.2) is 4.79 Å². The second-order valence-electron chi connectivity index (χ2n) is 2.46. The third-order valence-corrected chi connectivity index (χ3v) is 2.33. The van der Waals surface area contributed by atoms with E-state index in [1.165, 1.54) is 13.0 Å². The van der Waals surface area contributed by atoms with Gasteiger partial charge in [-0.15, -0.1) is 0 Å². The van der Waals surface area contributed by atoms with Gasteiger partial charge in [-0.3, -0.25) is 0 Å². The molecule has 0 aliphatic rings. The average molecular weight is 248 g/mol. The van der Waals surface area contributed by atoms with Crippen molar-refractivity contribution in [1.29, 1.82) is 0 Å². The molecule has 0 fully saturated rings. The average Bonchev–Trinajstić information content (AvgIpc) is 2.02. The second-order valence-corrected chi connectivity index (χ2v) is 4.08. The van der Waals surface area contributed by atoms with Crippen LogP contribution in [0.3, 0.4) is 0 Å². The van der Waals surface area contributed by atoms with Crippen LogP contribution in [-0.2, 0) is 19.1 Å². The summed E-state index contributed by atoms with van der Waals surface area (Å²) >= 11 is 0. The van der Waals surface area contributed by atoms with Crippen LogP contribution < -0.4 is 29.6 Å². The first-order valence-corrected chi connectivity index (χ1v) is 5.36. The quantitative estimate of drug-likeness (QED) is 0.291. The Bertz CT molecular complexity index is 315. The van der Waals surface area contributed by atoms with E-state index in [4.69, 9.17) is 10.2 Å². The van der Waals surface area contributed by atoms with Gasteiger partial charge in [0.1, 0.15) is 5.75 Å². The van der Waals surface area contributed by atoms with Crippen LogP contribution in [0.15, 0.2) is 12.2 Å². The minimum atomic E-state index is -4.13. The maximum absolute atomic E-state index is 10.9. The molecule has 0 aromatic heterocycles. The topological polar surface area (TPSA) is 101 Å². The monoisotopic (exact) mass is 248 g/mol. The molecule has 6 nitrogen and oxygen atoms in total. The van der Waals surface area contributed by atoms with Gasteiger partial charge in [0.2, 0.25) is 0 Å². The van der Waals surface area contributed by atoms with Crippen LogP contribution in [-0.4, -0.2) is 43.1 Å². The summed E-state index contributed by atoms with van der Waals surface area (Å²) in [6.45, 7) is 0.816. The zero-order chi connectivity index (χ0) is 11.2. The Morgan fingerprint density at radius 1 is 1.60 bits per heavy atom. The Kier molecular flexibility index (Phi) is 9.62. The van der Waals surface area contributed by atoms with Gasteiger partial charge in [-0.1, -0.05) is 6.08 Å². The number of hydrogen-bond donors (Lipinski definition) is 2. The van der Waals surface area contributed by atoms with Crippen molar-refractivity contribution < 1.29 is 58.6 Å². The minimum absolute atomic E-state index is 0.